The number of carbonyl (C=O) groups is 2. The van der Waals surface area contributed by atoms with Gasteiger partial charge in [0, 0.05) is 76.1 Å². The van der Waals surface area contributed by atoms with Gasteiger partial charge in [0.05, 0.1) is 0 Å². The second kappa shape index (κ2) is 8.12. The number of rotatable bonds is 4. The van der Waals surface area contributed by atoms with Crippen LogP contribution in [0.4, 0.5) is 5.69 Å². The van der Waals surface area contributed by atoms with Gasteiger partial charge in [-0.2, -0.15) is 5.10 Å². The Kier molecular flexibility index (Phi) is 5.40. The van der Waals surface area contributed by atoms with Crippen LogP contribution in [0.5, 0.6) is 0 Å². The highest BCUT2D eigenvalue weighted by Crippen LogP contribution is 2.18. The zero-order valence-corrected chi connectivity index (χ0v) is 16.1. The number of hydrogen-bond donors (Lipinski definition) is 3. The summed E-state index contributed by atoms with van der Waals surface area (Å²) < 4.78 is 0. The molecule has 2 aromatic rings. The number of aromatic amines is 1. The number of amides is 2. The molecule has 148 valence electrons. The Bertz CT molecular complexity index is 852. The lowest BCUT2D eigenvalue weighted by Gasteiger charge is -2.34. The molecular weight excluding hydrogens is 356 g/mol. The highest BCUT2D eigenvalue weighted by Gasteiger charge is 2.22. The van der Waals surface area contributed by atoms with Crippen molar-refractivity contribution in [3.63, 3.8) is 0 Å². The van der Waals surface area contributed by atoms with E-state index < -0.39 is 0 Å². The molecular formula is C20H26N6O2. The lowest BCUT2D eigenvalue weighted by atomic mass is 10.1. The molecule has 28 heavy (non-hydrogen) atoms. The second-order valence-electron chi connectivity index (χ2n) is 7.39. The van der Waals surface area contributed by atoms with Gasteiger partial charge in [-0.3, -0.25) is 19.6 Å². The average molecular weight is 382 g/mol. The van der Waals surface area contributed by atoms with Crippen LogP contribution >= 0.6 is 0 Å². The minimum atomic E-state index is -0.186. The van der Waals surface area contributed by atoms with E-state index in [1.807, 2.05) is 29.2 Å². The summed E-state index contributed by atoms with van der Waals surface area (Å²) in [5.41, 5.74) is 4.43. The standard InChI is InChI=1S/C20H26N6O2/c1-14(27)26-10-8-25(9-11-26)13-15-2-4-16(5-3-15)22-20(28)19-17-12-21-7-6-18(17)23-24-19/h2-5,21H,6-13H2,1H3,(H,22,28)(H,23,24). The van der Waals surface area contributed by atoms with Crippen molar-refractivity contribution in [1.29, 1.82) is 0 Å². The molecule has 0 radical (unpaired) electrons. The molecule has 0 spiro atoms. The Balaban J connectivity index is 1.33. The van der Waals surface area contributed by atoms with E-state index in [1.54, 1.807) is 6.92 Å². The van der Waals surface area contributed by atoms with Crippen LogP contribution in [0.15, 0.2) is 24.3 Å². The number of carbonyl (C=O) groups excluding carboxylic acids is 2. The number of anilines is 1. The van der Waals surface area contributed by atoms with Crippen LogP contribution in [-0.2, 0) is 24.3 Å². The van der Waals surface area contributed by atoms with Crippen molar-refractivity contribution in [2.45, 2.75) is 26.4 Å². The van der Waals surface area contributed by atoms with Crippen molar-refractivity contribution >= 4 is 17.5 Å². The van der Waals surface area contributed by atoms with Gasteiger partial charge in [-0.25, -0.2) is 0 Å². The molecule has 0 atom stereocenters. The molecule has 0 aliphatic carbocycles. The largest absolute Gasteiger partial charge is 0.340 e. The smallest absolute Gasteiger partial charge is 0.276 e. The molecule has 1 saturated heterocycles. The van der Waals surface area contributed by atoms with Crippen molar-refractivity contribution < 1.29 is 9.59 Å². The number of H-pyrrole nitrogens is 1. The van der Waals surface area contributed by atoms with Gasteiger partial charge in [-0.05, 0) is 17.7 Å². The third kappa shape index (κ3) is 4.07. The van der Waals surface area contributed by atoms with Crippen LogP contribution < -0.4 is 10.6 Å². The lowest BCUT2D eigenvalue weighted by molar-refractivity contribution is -0.130. The topological polar surface area (TPSA) is 93.4 Å². The van der Waals surface area contributed by atoms with Crippen LogP contribution in [0.2, 0.25) is 0 Å². The molecule has 8 nitrogen and oxygen atoms in total. The van der Waals surface area contributed by atoms with Gasteiger partial charge in [0.2, 0.25) is 5.91 Å². The summed E-state index contributed by atoms with van der Waals surface area (Å²) in [6.07, 6.45) is 0.866. The van der Waals surface area contributed by atoms with Gasteiger partial charge in [0.15, 0.2) is 5.69 Å². The molecule has 4 rings (SSSR count). The summed E-state index contributed by atoms with van der Waals surface area (Å²) in [6.45, 7) is 7.38. The number of nitrogens with zero attached hydrogens (tertiary/aromatic N) is 3. The Morgan fingerprint density at radius 1 is 1.14 bits per heavy atom. The zero-order valence-electron chi connectivity index (χ0n) is 16.1. The summed E-state index contributed by atoms with van der Waals surface area (Å²) in [5.74, 6) is -0.0389. The van der Waals surface area contributed by atoms with Crippen molar-refractivity contribution in [1.82, 2.24) is 25.3 Å². The van der Waals surface area contributed by atoms with E-state index in [2.05, 4.69) is 25.7 Å². The summed E-state index contributed by atoms with van der Waals surface area (Å²) in [7, 11) is 0. The predicted molar refractivity (Wildman–Crippen MR) is 106 cm³/mol. The van der Waals surface area contributed by atoms with Gasteiger partial charge in [0.25, 0.3) is 5.91 Å². The van der Waals surface area contributed by atoms with Crippen LogP contribution in [0.1, 0.15) is 34.2 Å². The molecule has 2 aliphatic heterocycles. The van der Waals surface area contributed by atoms with Gasteiger partial charge >= 0.3 is 0 Å². The first kappa shape index (κ1) is 18.6. The van der Waals surface area contributed by atoms with E-state index in [4.69, 9.17) is 0 Å². The van der Waals surface area contributed by atoms with Gasteiger partial charge in [-0.15, -0.1) is 0 Å². The molecule has 0 bridgehead atoms. The number of aromatic nitrogens is 2. The monoisotopic (exact) mass is 382 g/mol. The molecule has 3 heterocycles. The molecule has 1 aromatic heterocycles. The Morgan fingerprint density at radius 2 is 1.89 bits per heavy atom. The molecule has 8 heteroatoms. The average Bonchev–Trinajstić information content (AvgIpc) is 3.14. The van der Waals surface area contributed by atoms with Crippen molar-refractivity contribution in [3.8, 4) is 0 Å². The molecule has 0 unspecified atom stereocenters. The molecule has 0 saturated carbocycles. The zero-order chi connectivity index (χ0) is 19.5. The number of piperazine rings is 1. The van der Waals surface area contributed by atoms with Crippen LogP contribution in [0.3, 0.4) is 0 Å². The van der Waals surface area contributed by atoms with Crippen LogP contribution in [0, 0.1) is 0 Å². The first-order chi connectivity index (χ1) is 13.6. The molecule has 3 N–H and O–H groups in total. The lowest BCUT2D eigenvalue weighted by Crippen LogP contribution is -2.47. The Hall–Kier alpha value is -2.71. The van der Waals surface area contributed by atoms with Crippen LogP contribution in [0.25, 0.3) is 0 Å². The maximum atomic E-state index is 12.6. The summed E-state index contributed by atoms with van der Waals surface area (Å²) in [4.78, 5) is 28.2. The Labute approximate surface area is 164 Å². The maximum absolute atomic E-state index is 12.6. The quantitative estimate of drug-likeness (QED) is 0.733. The number of hydrogen-bond acceptors (Lipinski definition) is 5. The molecule has 2 aliphatic rings. The van der Waals surface area contributed by atoms with E-state index in [-0.39, 0.29) is 11.8 Å². The maximum Gasteiger partial charge on any atom is 0.276 e. The van der Waals surface area contributed by atoms with Crippen molar-refractivity contribution in [2.24, 2.45) is 0 Å². The first-order valence-corrected chi connectivity index (χ1v) is 9.75. The van der Waals surface area contributed by atoms with Gasteiger partial charge in [-0.1, -0.05) is 12.1 Å². The van der Waals surface area contributed by atoms with Crippen molar-refractivity contribution in [2.75, 3.05) is 38.0 Å². The van der Waals surface area contributed by atoms with Crippen molar-refractivity contribution in [3.05, 3.63) is 46.8 Å². The number of nitrogens with one attached hydrogen (secondary N) is 3. The fourth-order valence-electron chi connectivity index (χ4n) is 3.78. The molecule has 1 fully saturated rings. The minimum Gasteiger partial charge on any atom is -0.340 e. The normalized spacial score (nSPS) is 17.2. The summed E-state index contributed by atoms with van der Waals surface area (Å²) >= 11 is 0. The third-order valence-corrected chi connectivity index (χ3v) is 5.46. The second-order valence-corrected chi connectivity index (χ2v) is 7.39. The van der Waals surface area contributed by atoms with Gasteiger partial charge in [0.1, 0.15) is 0 Å². The highest BCUT2D eigenvalue weighted by atomic mass is 16.2. The number of fused-ring (bicyclic) bond motifs is 1. The Morgan fingerprint density at radius 3 is 2.61 bits per heavy atom. The highest BCUT2D eigenvalue weighted by molar-refractivity contribution is 6.04. The fourth-order valence-corrected chi connectivity index (χ4v) is 3.78. The van der Waals surface area contributed by atoms with E-state index in [1.165, 1.54) is 5.56 Å². The van der Waals surface area contributed by atoms with E-state index in [0.717, 1.165) is 62.6 Å². The number of benzene rings is 1. The minimum absolute atomic E-state index is 0.147. The first-order valence-electron chi connectivity index (χ1n) is 9.75. The summed E-state index contributed by atoms with van der Waals surface area (Å²) in [6, 6.07) is 7.93. The fraction of sp³-hybridized carbons (Fsp3) is 0.450. The SMILES string of the molecule is CC(=O)N1CCN(Cc2ccc(NC(=O)c3n[nH]c4c3CNCC4)cc2)CC1. The van der Waals surface area contributed by atoms with Crippen LogP contribution in [-0.4, -0.2) is 64.5 Å². The predicted octanol–water partition coefficient (Wildman–Crippen LogP) is 0.972. The molecule has 2 amide bonds. The summed E-state index contributed by atoms with van der Waals surface area (Å²) in [5, 5.41) is 13.4. The van der Waals surface area contributed by atoms with E-state index in [0.29, 0.717) is 12.2 Å². The molecule has 1 aromatic carbocycles. The van der Waals surface area contributed by atoms with E-state index in [9.17, 15) is 9.59 Å². The van der Waals surface area contributed by atoms with E-state index >= 15 is 0 Å². The third-order valence-electron chi connectivity index (χ3n) is 5.46. The van der Waals surface area contributed by atoms with Gasteiger partial charge < -0.3 is 15.5 Å².